The largest absolute Gasteiger partial charge is 0.497 e. The maximum absolute atomic E-state index is 12.9. The highest BCUT2D eigenvalue weighted by Crippen LogP contribution is 2.29. The van der Waals surface area contributed by atoms with Gasteiger partial charge in [0.1, 0.15) is 17.5 Å². The molecular formula is C21H28N2O5S. The second-order valence-electron chi connectivity index (χ2n) is 6.91. The Morgan fingerprint density at radius 3 is 2.31 bits per heavy atom. The van der Waals surface area contributed by atoms with E-state index in [2.05, 4.69) is 5.32 Å². The fraction of sp³-hybridized carbons (Fsp3) is 0.381. The van der Waals surface area contributed by atoms with Crippen LogP contribution in [0, 0.1) is 6.92 Å². The summed E-state index contributed by atoms with van der Waals surface area (Å²) < 4.78 is 36.6. The number of carbonyl (C=O) groups excluding carboxylic acids is 1. The molecule has 2 atom stereocenters. The van der Waals surface area contributed by atoms with Gasteiger partial charge in [0.05, 0.1) is 32.2 Å². The number of rotatable bonds is 8. The van der Waals surface area contributed by atoms with Crippen molar-refractivity contribution in [1.82, 2.24) is 5.32 Å². The second-order valence-corrected chi connectivity index (χ2v) is 8.77. The standard InChI is InChI=1S/C21H28N2O5S/c1-14-8-7-9-17(12-14)23(29(6,25)26)16(3)21(24)22-15(2)19-13-18(27-4)10-11-20(19)28-5/h7-13,15-16H,1-6H3,(H,22,24). The maximum Gasteiger partial charge on any atom is 0.244 e. The number of amides is 1. The number of aryl methyl sites for hydroxylation is 1. The predicted molar refractivity (Wildman–Crippen MR) is 114 cm³/mol. The number of nitrogens with one attached hydrogen (secondary N) is 1. The van der Waals surface area contributed by atoms with Gasteiger partial charge in [0.2, 0.25) is 15.9 Å². The molecule has 0 aliphatic heterocycles. The van der Waals surface area contributed by atoms with Crippen LogP contribution < -0.4 is 19.1 Å². The number of methoxy groups -OCH3 is 2. The quantitative estimate of drug-likeness (QED) is 0.710. The van der Waals surface area contributed by atoms with E-state index in [1.54, 1.807) is 64.5 Å². The highest BCUT2D eigenvalue weighted by atomic mass is 32.2. The van der Waals surface area contributed by atoms with Crippen LogP contribution in [0.25, 0.3) is 0 Å². The molecule has 0 spiro atoms. The third kappa shape index (κ3) is 5.41. The molecule has 2 aromatic carbocycles. The summed E-state index contributed by atoms with van der Waals surface area (Å²) in [7, 11) is -0.570. The molecule has 2 unspecified atom stereocenters. The average Bonchev–Trinajstić information content (AvgIpc) is 2.66. The summed E-state index contributed by atoms with van der Waals surface area (Å²) in [5, 5.41) is 2.88. The Kier molecular flexibility index (Phi) is 7.13. The first-order valence-corrected chi connectivity index (χ1v) is 11.0. The van der Waals surface area contributed by atoms with Crippen molar-refractivity contribution in [2.75, 3.05) is 24.8 Å². The van der Waals surface area contributed by atoms with Crippen LogP contribution in [-0.2, 0) is 14.8 Å². The predicted octanol–water partition coefficient (Wildman–Crippen LogP) is 3.04. The van der Waals surface area contributed by atoms with E-state index in [1.807, 2.05) is 13.0 Å². The highest BCUT2D eigenvalue weighted by Gasteiger charge is 2.30. The van der Waals surface area contributed by atoms with E-state index in [9.17, 15) is 13.2 Å². The number of hydrogen-bond acceptors (Lipinski definition) is 5. The maximum atomic E-state index is 12.9. The summed E-state index contributed by atoms with van der Waals surface area (Å²) in [5.74, 6) is 0.812. The molecule has 0 heterocycles. The van der Waals surface area contributed by atoms with Crippen molar-refractivity contribution in [3.8, 4) is 11.5 Å². The topological polar surface area (TPSA) is 84.9 Å². The molecule has 8 heteroatoms. The minimum absolute atomic E-state index is 0.422. The Labute approximate surface area is 172 Å². The molecule has 0 fully saturated rings. The van der Waals surface area contributed by atoms with E-state index in [-0.39, 0.29) is 0 Å². The molecule has 1 N–H and O–H groups in total. The van der Waals surface area contributed by atoms with Crippen LogP contribution in [0.5, 0.6) is 11.5 Å². The fourth-order valence-corrected chi connectivity index (χ4v) is 4.33. The Morgan fingerprint density at radius 2 is 1.76 bits per heavy atom. The van der Waals surface area contributed by atoms with Gasteiger partial charge < -0.3 is 14.8 Å². The summed E-state index contributed by atoms with van der Waals surface area (Å²) >= 11 is 0. The van der Waals surface area contributed by atoms with Crippen molar-refractivity contribution in [1.29, 1.82) is 0 Å². The van der Waals surface area contributed by atoms with Gasteiger partial charge in [-0.1, -0.05) is 12.1 Å². The normalized spacial score (nSPS) is 13.3. The lowest BCUT2D eigenvalue weighted by molar-refractivity contribution is -0.122. The van der Waals surface area contributed by atoms with Gasteiger partial charge in [-0.2, -0.15) is 0 Å². The molecule has 158 valence electrons. The zero-order chi connectivity index (χ0) is 21.8. The zero-order valence-electron chi connectivity index (χ0n) is 17.6. The van der Waals surface area contributed by atoms with Crippen molar-refractivity contribution in [2.24, 2.45) is 0 Å². The molecule has 29 heavy (non-hydrogen) atoms. The Balaban J connectivity index is 2.30. The van der Waals surface area contributed by atoms with Crippen molar-refractivity contribution in [2.45, 2.75) is 32.9 Å². The first kappa shape index (κ1) is 22.5. The van der Waals surface area contributed by atoms with Crippen LogP contribution >= 0.6 is 0 Å². The minimum atomic E-state index is -3.68. The van der Waals surface area contributed by atoms with E-state index >= 15 is 0 Å². The summed E-state index contributed by atoms with van der Waals surface area (Å²) in [5.41, 5.74) is 2.08. The van der Waals surface area contributed by atoms with Gasteiger partial charge in [-0.05, 0) is 56.7 Å². The summed E-state index contributed by atoms with van der Waals surface area (Å²) in [6.45, 7) is 5.24. The molecule has 1 amide bonds. The number of carbonyl (C=O) groups is 1. The van der Waals surface area contributed by atoms with Gasteiger partial charge in [-0.25, -0.2) is 8.42 Å². The Bertz CT molecular complexity index is 975. The first-order valence-electron chi connectivity index (χ1n) is 9.16. The lowest BCUT2D eigenvalue weighted by atomic mass is 10.1. The van der Waals surface area contributed by atoms with Crippen LogP contribution in [-0.4, -0.2) is 40.8 Å². The molecule has 0 aromatic heterocycles. The summed E-state index contributed by atoms with van der Waals surface area (Å²) in [4.78, 5) is 12.9. The lowest BCUT2D eigenvalue weighted by Crippen LogP contribution is -2.48. The monoisotopic (exact) mass is 420 g/mol. The van der Waals surface area contributed by atoms with Crippen molar-refractivity contribution >= 4 is 21.6 Å². The van der Waals surface area contributed by atoms with Gasteiger partial charge in [0.15, 0.2) is 0 Å². The van der Waals surface area contributed by atoms with E-state index in [0.29, 0.717) is 17.2 Å². The highest BCUT2D eigenvalue weighted by molar-refractivity contribution is 7.92. The summed E-state index contributed by atoms with van der Waals surface area (Å²) in [6, 6.07) is 11.0. The van der Waals surface area contributed by atoms with Gasteiger partial charge >= 0.3 is 0 Å². The Morgan fingerprint density at radius 1 is 1.07 bits per heavy atom. The van der Waals surface area contributed by atoms with E-state index in [4.69, 9.17) is 9.47 Å². The van der Waals surface area contributed by atoms with Crippen molar-refractivity contribution < 1.29 is 22.7 Å². The van der Waals surface area contributed by atoms with Crippen LogP contribution in [0.2, 0.25) is 0 Å². The molecule has 2 aromatic rings. The molecular weight excluding hydrogens is 392 g/mol. The van der Waals surface area contributed by atoms with Gasteiger partial charge in [-0.15, -0.1) is 0 Å². The van der Waals surface area contributed by atoms with Gasteiger partial charge in [0, 0.05) is 5.56 Å². The van der Waals surface area contributed by atoms with Crippen molar-refractivity contribution in [3.63, 3.8) is 0 Å². The van der Waals surface area contributed by atoms with E-state index < -0.39 is 28.0 Å². The molecule has 0 saturated heterocycles. The number of sulfonamides is 1. The smallest absolute Gasteiger partial charge is 0.244 e. The minimum Gasteiger partial charge on any atom is -0.497 e. The molecule has 7 nitrogen and oxygen atoms in total. The third-order valence-electron chi connectivity index (χ3n) is 4.61. The zero-order valence-corrected chi connectivity index (χ0v) is 18.4. The first-order chi connectivity index (χ1) is 13.6. The van der Waals surface area contributed by atoms with Crippen LogP contribution in [0.1, 0.15) is 31.0 Å². The molecule has 0 aliphatic rings. The van der Waals surface area contributed by atoms with E-state index in [1.165, 1.54) is 0 Å². The van der Waals surface area contributed by atoms with Crippen LogP contribution in [0.4, 0.5) is 5.69 Å². The molecule has 0 radical (unpaired) electrons. The van der Waals surface area contributed by atoms with Gasteiger partial charge in [0.25, 0.3) is 0 Å². The molecule has 0 aliphatic carbocycles. The van der Waals surface area contributed by atoms with Crippen LogP contribution in [0.15, 0.2) is 42.5 Å². The van der Waals surface area contributed by atoms with Crippen LogP contribution in [0.3, 0.4) is 0 Å². The fourth-order valence-electron chi connectivity index (χ4n) is 3.16. The molecule has 0 bridgehead atoms. The van der Waals surface area contributed by atoms with Gasteiger partial charge in [-0.3, -0.25) is 9.10 Å². The average molecular weight is 421 g/mol. The molecule has 0 saturated carbocycles. The van der Waals surface area contributed by atoms with E-state index in [0.717, 1.165) is 21.7 Å². The number of nitrogens with zero attached hydrogens (tertiary/aromatic N) is 1. The molecule has 2 rings (SSSR count). The van der Waals surface area contributed by atoms with Crippen molar-refractivity contribution in [3.05, 3.63) is 53.6 Å². The summed E-state index contributed by atoms with van der Waals surface area (Å²) in [6.07, 6.45) is 1.09. The number of hydrogen-bond donors (Lipinski definition) is 1. The number of benzene rings is 2. The Hall–Kier alpha value is -2.74. The number of anilines is 1. The number of ether oxygens (including phenoxy) is 2. The third-order valence-corrected chi connectivity index (χ3v) is 5.85. The lowest BCUT2D eigenvalue weighted by Gasteiger charge is -2.29. The SMILES string of the molecule is COc1ccc(OC)c(C(C)NC(=O)C(C)N(c2cccc(C)c2)S(C)(=O)=O)c1. The second kappa shape index (κ2) is 9.17.